The molecule has 4 unspecified atom stereocenters. The van der Waals surface area contributed by atoms with Gasteiger partial charge in [-0.25, -0.2) is 4.79 Å². The highest BCUT2D eigenvalue weighted by Gasteiger charge is 2.29. The molecule has 1 aromatic rings. The fourth-order valence-corrected chi connectivity index (χ4v) is 2.02. The summed E-state index contributed by atoms with van der Waals surface area (Å²) in [5, 5.41) is 41.1. The Labute approximate surface area is 149 Å². The summed E-state index contributed by atoms with van der Waals surface area (Å²) in [4.78, 5) is 35.4. The number of aliphatic hydroxyl groups is 2. The first-order chi connectivity index (χ1) is 12.1. The average molecular weight is 369 g/mol. The van der Waals surface area contributed by atoms with Crippen LogP contribution in [0, 0.1) is 0 Å². The van der Waals surface area contributed by atoms with Crippen LogP contribution < -0.4 is 16.4 Å². The van der Waals surface area contributed by atoms with Gasteiger partial charge in [-0.05, 0) is 24.6 Å². The smallest absolute Gasteiger partial charge is 0.328 e. The van der Waals surface area contributed by atoms with Crippen molar-refractivity contribution in [2.45, 2.75) is 37.6 Å². The number of amides is 2. The third-order valence-corrected chi connectivity index (χ3v) is 3.63. The molecule has 0 saturated heterocycles. The van der Waals surface area contributed by atoms with Crippen molar-refractivity contribution in [2.24, 2.45) is 5.73 Å². The molecule has 0 aliphatic carbocycles. The van der Waals surface area contributed by atoms with E-state index in [9.17, 15) is 24.6 Å². The number of phenolic OH excluding ortho intramolecular Hbond substituents is 1. The molecule has 4 atom stereocenters. The molecule has 0 saturated carbocycles. The Balaban J connectivity index is 2.96. The molecule has 26 heavy (non-hydrogen) atoms. The Kier molecular flexibility index (Phi) is 7.97. The monoisotopic (exact) mass is 369 g/mol. The van der Waals surface area contributed by atoms with E-state index in [0.29, 0.717) is 5.56 Å². The van der Waals surface area contributed by atoms with E-state index in [1.807, 2.05) is 0 Å². The third kappa shape index (κ3) is 6.31. The molecule has 0 radical (unpaired) electrons. The number of nitrogens with two attached hydrogens (primary N) is 1. The highest BCUT2D eigenvalue weighted by atomic mass is 16.4. The van der Waals surface area contributed by atoms with Crippen molar-refractivity contribution in [3.8, 4) is 5.75 Å². The molecule has 0 fully saturated rings. The van der Waals surface area contributed by atoms with Gasteiger partial charge in [0.1, 0.15) is 23.9 Å². The number of phenols is 1. The lowest BCUT2D eigenvalue weighted by Crippen LogP contribution is -2.57. The van der Waals surface area contributed by atoms with Gasteiger partial charge < -0.3 is 36.8 Å². The fraction of sp³-hybridized carbons (Fsp3) is 0.438. The van der Waals surface area contributed by atoms with E-state index < -0.39 is 48.6 Å². The largest absolute Gasteiger partial charge is 0.508 e. The number of nitrogens with one attached hydrogen (secondary N) is 2. The third-order valence-electron chi connectivity index (χ3n) is 3.63. The van der Waals surface area contributed by atoms with Gasteiger partial charge in [0, 0.05) is 6.42 Å². The van der Waals surface area contributed by atoms with Crippen LogP contribution in [0.15, 0.2) is 24.3 Å². The summed E-state index contributed by atoms with van der Waals surface area (Å²) in [5.74, 6) is -3.06. The molecule has 0 aliphatic rings. The Bertz CT molecular complexity index is 633. The second-order valence-electron chi connectivity index (χ2n) is 5.78. The van der Waals surface area contributed by atoms with Crippen LogP contribution in [0.3, 0.4) is 0 Å². The summed E-state index contributed by atoms with van der Waals surface area (Å²) in [6.45, 7) is 0.486. The highest BCUT2D eigenvalue weighted by Crippen LogP contribution is 2.12. The zero-order valence-corrected chi connectivity index (χ0v) is 14.1. The van der Waals surface area contributed by atoms with Crippen molar-refractivity contribution in [1.29, 1.82) is 0 Å². The summed E-state index contributed by atoms with van der Waals surface area (Å²) in [6, 6.07) is 1.81. The lowest BCUT2D eigenvalue weighted by atomic mass is 10.0. The number of hydrogen-bond acceptors (Lipinski definition) is 7. The number of aliphatic hydroxyl groups excluding tert-OH is 2. The Morgan fingerprint density at radius 3 is 2.08 bits per heavy atom. The summed E-state index contributed by atoms with van der Waals surface area (Å²) in [5.41, 5.74) is 6.11. The van der Waals surface area contributed by atoms with Crippen LogP contribution in [0.1, 0.15) is 12.5 Å². The topological polar surface area (TPSA) is 182 Å². The maximum Gasteiger partial charge on any atom is 0.328 e. The number of hydrogen-bond donors (Lipinski definition) is 7. The SMILES string of the molecule is CC(O)C(N)C(=O)NC(Cc1ccc(O)cc1)C(=O)NC(CO)C(=O)O. The molecule has 8 N–H and O–H groups in total. The molecular weight excluding hydrogens is 346 g/mol. The number of carbonyl (C=O) groups is 3. The number of aromatic hydroxyl groups is 1. The van der Waals surface area contributed by atoms with Crippen LogP contribution >= 0.6 is 0 Å². The summed E-state index contributed by atoms with van der Waals surface area (Å²) in [7, 11) is 0. The van der Waals surface area contributed by atoms with Gasteiger partial charge in [0.2, 0.25) is 11.8 Å². The Hall–Kier alpha value is -2.69. The van der Waals surface area contributed by atoms with Crippen LogP contribution in [0.4, 0.5) is 0 Å². The van der Waals surface area contributed by atoms with Gasteiger partial charge in [0.15, 0.2) is 0 Å². The lowest BCUT2D eigenvalue weighted by Gasteiger charge is -2.23. The lowest BCUT2D eigenvalue weighted by molar-refractivity contribution is -0.143. The quantitative estimate of drug-likeness (QED) is 0.253. The highest BCUT2D eigenvalue weighted by molar-refractivity contribution is 5.92. The molecule has 1 aromatic carbocycles. The average Bonchev–Trinajstić information content (AvgIpc) is 2.59. The number of carboxylic acid groups (broad SMARTS) is 1. The number of carboxylic acids is 1. The van der Waals surface area contributed by atoms with Crippen LogP contribution in [0.2, 0.25) is 0 Å². The molecule has 1 rings (SSSR count). The van der Waals surface area contributed by atoms with Crippen molar-refractivity contribution >= 4 is 17.8 Å². The minimum atomic E-state index is -1.54. The maximum absolute atomic E-state index is 12.4. The molecule has 2 amide bonds. The first-order valence-corrected chi connectivity index (χ1v) is 7.81. The minimum absolute atomic E-state index is 0.0149. The van der Waals surface area contributed by atoms with Crippen LogP contribution in [0.5, 0.6) is 5.75 Å². The van der Waals surface area contributed by atoms with Gasteiger partial charge in [-0.15, -0.1) is 0 Å². The maximum atomic E-state index is 12.4. The molecule has 10 heteroatoms. The van der Waals surface area contributed by atoms with Crippen molar-refractivity contribution in [3.63, 3.8) is 0 Å². The van der Waals surface area contributed by atoms with E-state index in [-0.39, 0.29) is 12.2 Å². The summed E-state index contributed by atoms with van der Waals surface area (Å²) in [6.07, 6.45) is -1.18. The molecule has 144 valence electrons. The van der Waals surface area contributed by atoms with E-state index in [2.05, 4.69) is 10.6 Å². The van der Waals surface area contributed by atoms with Crippen LogP contribution in [-0.4, -0.2) is 69.0 Å². The molecule has 10 nitrogen and oxygen atoms in total. The minimum Gasteiger partial charge on any atom is -0.508 e. The zero-order chi connectivity index (χ0) is 19.9. The second kappa shape index (κ2) is 9.70. The predicted octanol–water partition coefficient (Wildman–Crippen LogP) is -2.31. The zero-order valence-electron chi connectivity index (χ0n) is 14.1. The molecule has 0 bridgehead atoms. The Morgan fingerprint density at radius 2 is 1.62 bits per heavy atom. The van der Waals surface area contributed by atoms with Crippen molar-refractivity contribution in [2.75, 3.05) is 6.61 Å². The fourth-order valence-electron chi connectivity index (χ4n) is 2.02. The van der Waals surface area contributed by atoms with Crippen LogP contribution in [-0.2, 0) is 20.8 Å². The van der Waals surface area contributed by atoms with Gasteiger partial charge in [0.25, 0.3) is 0 Å². The van der Waals surface area contributed by atoms with Gasteiger partial charge in [0.05, 0.1) is 12.7 Å². The first-order valence-electron chi connectivity index (χ1n) is 7.81. The number of rotatable bonds is 9. The van der Waals surface area contributed by atoms with Crippen molar-refractivity contribution < 1.29 is 34.8 Å². The van der Waals surface area contributed by atoms with Gasteiger partial charge in [-0.1, -0.05) is 12.1 Å². The normalized spacial score (nSPS) is 15.4. The van der Waals surface area contributed by atoms with E-state index >= 15 is 0 Å². The molecular formula is C16H23N3O7. The molecule has 0 aliphatic heterocycles. The molecule has 0 spiro atoms. The molecule has 0 heterocycles. The van der Waals surface area contributed by atoms with Crippen molar-refractivity contribution in [1.82, 2.24) is 10.6 Å². The van der Waals surface area contributed by atoms with Crippen molar-refractivity contribution in [3.05, 3.63) is 29.8 Å². The van der Waals surface area contributed by atoms with E-state index in [1.54, 1.807) is 0 Å². The van der Waals surface area contributed by atoms with E-state index in [4.69, 9.17) is 15.9 Å². The number of aliphatic carboxylic acids is 1. The number of carbonyl (C=O) groups excluding carboxylic acids is 2. The summed E-state index contributed by atoms with van der Waals surface area (Å²) >= 11 is 0. The number of benzene rings is 1. The van der Waals surface area contributed by atoms with Gasteiger partial charge in [-0.3, -0.25) is 9.59 Å². The van der Waals surface area contributed by atoms with Crippen LogP contribution in [0.25, 0.3) is 0 Å². The van der Waals surface area contributed by atoms with E-state index in [1.165, 1.54) is 31.2 Å². The Morgan fingerprint density at radius 1 is 1.08 bits per heavy atom. The molecule has 0 aromatic heterocycles. The summed E-state index contributed by atoms with van der Waals surface area (Å²) < 4.78 is 0. The van der Waals surface area contributed by atoms with E-state index in [0.717, 1.165) is 0 Å². The van der Waals surface area contributed by atoms with Gasteiger partial charge in [-0.2, -0.15) is 0 Å². The second-order valence-corrected chi connectivity index (χ2v) is 5.78. The standard InChI is InChI=1S/C16H23N3O7/c1-8(21)13(17)15(24)18-11(6-9-2-4-10(22)5-3-9)14(23)19-12(7-20)16(25)26/h2-5,8,11-13,20-22H,6-7,17H2,1H3,(H,18,24)(H,19,23)(H,25,26). The predicted molar refractivity (Wildman–Crippen MR) is 90.1 cm³/mol. The van der Waals surface area contributed by atoms with Gasteiger partial charge >= 0.3 is 5.97 Å². The first kappa shape index (κ1) is 21.4.